The first kappa shape index (κ1) is 12.2. The summed E-state index contributed by atoms with van der Waals surface area (Å²) in [6.45, 7) is 3.26. The number of aryl methyl sites for hydroxylation is 1. The lowest BCUT2D eigenvalue weighted by atomic mass is 9.89. The van der Waals surface area contributed by atoms with Crippen LogP contribution in [0.15, 0.2) is 22.7 Å². The van der Waals surface area contributed by atoms with Gasteiger partial charge in [0.2, 0.25) is 0 Å². The number of rotatable bonds is 2. The van der Waals surface area contributed by atoms with Crippen molar-refractivity contribution in [2.45, 2.75) is 45.6 Å². The maximum absolute atomic E-state index is 4.67. The summed E-state index contributed by atoms with van der Waals surface area (Å²) in [7, 11) is 0. The van der Waals surface area contributed by atoms with Crippen LogP contribution in [0.2, 0.25) is 0 Å². The zero-order chi connectivity index (χ0) is 12.5. The van der Waals surface area contributed by atoms with E-state index >= 15 is 0 Å². The van der Waals surface area contributed by atoms with E-state index in [-0.39, 0.29) is 0 Å². The van der Waals surface area contributed by atoms with Crippen molar-refractivity contribution in [2.75, 3.05) is 0 Å². The van der Waals surface area contributed by atoms with E-state index in [4.69, 9.17) is 0 Å². The van der Waals surface area contributed by atoms with E-state index in [0.717, 1.165) is 28.3 Å². The molecule has 0 spiro atoms. The first-order valence-corrected chi connectivity index (χ1v) is 7.66. The van der Waals surface area contributed by atoms with Crippen LogP contribution in [0.5, 0.6) is 0 Å². The van der Waals surface area contributed by atoms with Gasteiger partial charge in [-0.1, -0.05) is 35.2 Å². The Morgan fingerprint density at radius 2 is 2.06 bits per heavy atom. The van der Waals surface area contributed by atoms with Gasteiger partial charge in [0.25, 0.3) is 0 Å². The molecule has 1 aromatic carbocycles. The van der Waals surface area contributed by atoms with Gasteiger partial charge in [-0.2, -0.15) is 0 Å². The molecule has 1 aliphatic rings. The second-order valence-corrected chi connectivity index (χ2v) is 6.32. The minimum absolute atomic E-state index is 0.846. The molecule has 0 unspecified atom stereocenters. The van der Waals surface area contributed by atoms with Crippen molar-refractivity contribution in [3.63, 3.8) is 0 Å². The summed E-state index contributed by atoms with van der Waals surface area (Å²) in [6, 6.07) is 6.41. The molecule has 0 amide bonds. The van der Waals surface area contributed by atoms with Crippen LogP contribution in [-0.2, 0) is 6.54 Å². The highest BCUT2D eigenvalue weighted by molar-refractivity contribution is 9.10. The number of halogens is 1. The average molecular weight is 307 g/mol. The van der Waals surface area contributed by atoms with E-state index in [2.05, 4.69) is 50.6 Å². The van der Waals surface area contributed by atoms with Crippen molar-refractivity contribution >= 4 is 27.0 Å². The van der Waals surface area contributed by atoms with Crippen LogP contribution >= 0.6 is 15.9 Å². The van der Waals surface area contributed by atoms with Crippen LogP contribution in [-0.4, -0.2) is 9.55 Å². The summed E-state index contributed by atoms with van der Waals surface area (Å²) in [6.07, 6.45) is 7.00. The molecule has 1 saturated carbocycles. The minimum Gasteiger partial charge on any atom is -0.328 e. The Bertz CT molecular complexity index is 553. The Morgan fingerprint density at radius 1 is 1.28 bits per heavy atom. The Hall–Kier alpha value is -0.830. The van der Waals surface area contributed by atoms with Crippen molar-refractivity contribution < 1.29 is 0 Å². The Kier molecular flexibility index (Phi) is 3.42. The minimum atomic E-state index is 0.846. The van der Waals surface area contributed by atoms with Gasteiger partial charge >= 0.3 is 0 Å². The molecule has 1 heterocycles. The maximum Gasteiger partial charge on any atom is 0.106 e. The van der Waals surface area contributed by atoms with Gasteiger partial charge in [0.1, 0.15) is 5.82 Å². The van der Waals surface area contributed by atoms with E-state index in [9.17, 15) is 0 Å². The van der Waals surface area contributed by atoms with Crippen LogP contribution in [0.1, 0.15) is 37.9 Å². The van der Waals surface area contributed by atoms with Gasteiger partial charge in [0.05, 0.1) is 11.0 Å². The molecule has 1 fully saturated rings. The van der Waals surface area contributed by atoms with Gasteiger partial charge in [-0.05, 0) is 43.9 Å². The van der Waals surface area contributed by atoms with Gasteiger partial charge in [0.15, 0.2) is 0 Å². The number of imidazole rings is 1. The first-order valence-electron chi connectivity index (χ1n) is 6.86. The zero-order valence-electron chi connectivity index (χ0n) is 10.8. The Labute approximate surface area is 117 Å². The molecule has 0 N–H and O–H groups in total. The Balaban J connectivity index is 1.92. The molecule has 2 aromatic rings. The molecule has 0 radical (unpaired) electrons. The molecule has 0 atom stereocenters. The quantitative estimate of drug-likeness (QED) is 0.787. The van der Waals surface area contributed by atoms with Crippen molar-refractivity contribution in [3.05, 3.63) is 28.5 Å². The van der Waals surface area contributed by atoms with Gasteiger partial charge in [-0.3, -0.25) is 0 Å². The summed E-state index contributed by atoms with van der Waals surface area (Å²) in [5.74, 6) is 1.99. The number of fused-ring (bicyclic) bond motifs is 1. The number of nitrogens with zero attached hydrogens (tertiary/aromatic N) is 2. The number of aromatic nitrogens is 2. The summed E-state index contributed by atoms with van der Waals surface area (Å²) >= 11 is 3.52. The molecule has 18 heavy (non-hydrogen) atoms. The lowest BCUT2D eigenvalue weighted by Gasteiger charge is -2.22. The summed E-state index contributed by atoms with van der Waals surface area (Å²) < 4.78 is 3.51. The molecule has 2 nitrogen and oxygen atoms in total. The highest BCUT2D eigenvalue weighted by Gasteiger charge is 2.16. The molecule has 3 rings (SSSR count). The molecule has 0 bridgehead atoms. The van der Waals surface area contributed by atoms with E-state index in [1.807, 2.05) is 0 Å². The van der Waals surface area contributed by atoms with Crippen molar-refractivity contribution in [3.8, 4) is 0 Å². The van der Waals surface area contributed by atoms with Crippen molar-refractivity contribution in [2.24, 2.45) is 5.92 Å². The fourth-order valence-electron chi connectivity index (χ4n) is 3.08. The standard InChI is InChI=1S/C15H19BrN2/c1-11-17-14-9-13(16)7-8-15(14)18(11)10-12-5-3-2-4-6-12/h7-9,12H,2-6,10H2,1H3. The average Bonchev–Trinajstić information content (AvgIpc) is 2.66. The molecular formula is C15H19BrN2. The molecule has 0 saturated heterocycles. The molecule has 0 aliphatic heterocycles. The lowest BCUT2D eigenvalue weighted by molar-refractivity contribution is 0.320. The highest BCUT2D eigenvalue weighted by Crippen LogP contribution is 2.28. The summed E-state index contributed by atoms with van der Waals surface area (Å²) in [5, 5.41) is 0. The van der Waals surface area contributed by atoms with E-state index in [1.54, 1.807) is 0 Å². The van der Waals surface area contributed by atoms with Gasteiger partial charge in [-0.25, -0.2) is 4.98 Å². The van der Waals surface area contributed by atoms with Crippen LogP contribution in [0.25, 0.3) is 11.0 Å². The zero-order valence-corrected chi connectivity index (χ0v) is 12.4. The van der Waals surface area contributed by atoms with Crippen molar-refractivity contribution in [1.29, 1.82) is 0 Å². The van der Waals surface area contributed by atoms with E-state index in [0.29, 0.717) is 0 Å². The number of hydrogen-bond donors (Lipinski definition) is 0. The second kappa shape index (κ2) is 5.04. The predicted octanol–water partition coefficient (Wildman–Crippen LogP) is 4.69. The first-order chi connectivity index (χ1) is 8.74. The third kappa shape index (κ3) is 2.33. The third-order valence-corrected chi connectivity index (χ3v) is 4.56. The number of benzene rings is 1. The molecular weight excluding hydrogens is 288 g/mol. The molecule has 96 valence electrons. The topological polar surface area (TPSA) is 17.8 Å². The SMILES string of the molecule is Cc1nc2cc(Br)ccc2n1CC1CCCCC1. The van der Waals surface area contributed by atoms with E-state index in [1.165, 1.54) is 37.6 Å². The Morgan fingerprint density at radius 3 is 2.83 bits per heavy atom. The monoisotopic (exact) mass is 306 g/mol. The third-order valence-electron chi connectivity index (χ3n) is 4.07. The van der Waals surface area contributed by atoms with Crippen molar-refractivity contribution in [1.82, 2.24) is 9.55 Å². The van der Waals surface area contributed by atoms with Crippen LogP contribution in [0.3, 0.4) is 0 Å². The summed E-state index contributed by atoms with van der Waals surface area (Å²) in [4.78, 5) is 4.67. The van der Waals surface area contributed by atoms with Crippen LogP contribution in [0.4, 0.5) is 0 Å². The smallest absolute Gasteiger partial charge is 0.106 e. The molecule has 3 heteroatoms. The van der Waals surface area contributed by atoms with Crippen LogP contribution in [0, 0.1) is 12.8 Å². The van der Waals surface area contributed by atoms with Crippen LogP contribution < -0.4 is 0 Å². The molecule has 1 aromatic heterocycles. The largest absolute Gasteiger partial charge is 0.328 e. The van der Waals surface area contributed by atoms with Gasteiger partial charge < -0.3 is 4.57 Å². The van der Waals surface area contributed by atoms with Gasteiger partial charge in [-0.15, -0.1) is 0 Å². The van der Waals surface area contributed by atoms with E-state index < -0.39 is 0 Å². The predicted molar refractivity (Wildman–Crippen MR) is 78.7 cm³/mol. The fourth-order valence-corrected chi connectivity index (χ4v) is 3.43. The highest BCUT2D eigenvalue weighted by atomic mass is 79.9. The summed E-state index contributed by atoms with van der Waals surface area (Å²) in [5.41, 5.74) is 2.39. The second-order valence-electron chi connectivity index (χ2n) is 5.41. The lowest BCUT2D eigenvalue weighted by Crippen LogP contribution is -2.14. The normalized spacial score (nSPS) is 17.4. The maximum atomic E-state index is 4.67. The fraction of sp³-hybridized carbons (Fsp3) is 0.533. The molecule has 1 aliphatic carbocycles. The van der Waals surface area contributed by atoms with Gasteiger partial charge in [0, 0.05) is 11.0 Å². The number of hydrogen-bond acceptors (Lipinski definition) is 1.